The molecule has 3 aromatic rings. The van der Waals surface area contributed by atoms with E-state index in [1.165, 1.54) is 11.1 Å². The topological polar surface area (TPSA) is 54.0 Å². The van der Waals surface area contributed by atoms with Gasteiger partial charge in [-0.2, -0.15) is 0 Å². The smallest absolute Gasteiger partial charge is 0.274 e. The normalized spacial score (nSPS) is 11.9. The second-order valence-electron chi connectivity index (χ2n) is 6.94. The van der Waals surface area contributed by atoms with Crippen molar-refractivity contribution < 1.29 is 4.79 Å². The third-order valence-electron chi connectivity index (χ3n) is 4.51. The number of carbonyl (C=O) groups is 1. The predicted molar refractivity (Wildman–Crippen MR) is 111 cm³/mol. The first-order valence-corrected chi connectivity index (χ1v) is 9.22. The molecule has 27 heavy (non-hydrogen) atoms. The Balaban J connectivity index is 1.61. The lowest BCUT2D eigenvalue weighted by Crippen LogP contribution is -2.14. The van der Waals surface area contributed by atoms with Gasteiger partial charge in [-0.3, -0.25) is 4.79 Å². The van der Waals surface area contributed by atoms with Gasteiger partial charge in [-0.25, -0.2) is 4.98 Å². The molecule has 0 spiro atoms. The summed E-state index contributed by atoms with van der Waals surface area (Å²) in [4.78, 5) is 16.7. The summed E-state index contributed by atoms with van der Waals surface area (Å²) in [6, 6.07) is 21.9. The number of amides is 1. The molecule has 1 unspecified atom stereocenters. The van der Waals surface area contributed by atoms with Crippen LogP contribution in [0.3, 0.4) is 0 Å². The van der Waals surface area contributed by atoms with Crippen LogP contribution in [0.1, 0.15) is 54.3 Å². The quantitative estimate of drug-likeness (QED) is 0.600. The molecule has 0 bridgehead atoms. The third-order valence-corrected chi connectivity index (χ3v) is 4.51. The molecule has 0 radical (unpaired) electrons. The Morgan fingerprint density at radius 2 is 1.48 bits per heavy atom. The van der Waals surface area contributed by atoms with E-state index in [1.807, 2.05) is 48.5 Å². The van der Waals surface area contributed by atoms with Crippen LogP contribution in [-0.2, 0) is 0 Å². The maximum Gasteiger partial charge on any atom is 0.274 e. The van der Waals surface area contributed by atoms with E-state index in [9.17, 15) is 4.79 Å². The van der Waals surface area contributed by atoms with Gasteiger partial charge in [-0.05, 0) is 48.2 Å². The molecule has 1 aromatic heterocycles. The molecule has 0 aliphatic rings. The molecule has 1 atom stereocenters. The minimum absolute atomic E-state index is 0.159. The SMILES string of the molecule is CC(C)c1ccc(NC(=O)c2ccc(NC(C)c3ccccc3)cn2)cc1. The summed E-state index contributed by atoms with van der Waals surface area (Å²) < 4.78 is 0. The van der Waals surface area contributed by atoms with Crippen LogP contribution in [0, 0.1) is 0 Å². The molecule has 4 heteroatoms. The molecular weight excluding hydrogens is 334 g/mol. The zero-order valence-corrected chi connectivity index (χ0v) is 15.9. The van der Waals surface area contributed by atoms with Gasteiger partial charge in [0.25, 0.3) is 5.91 Å². The van der Waals surface area contributed by atoms with Crippen LogP contribution in [0.15, 0.2) is 72.9 Å². The van der Waals surface area contributed by atoms with Gasteiger partial charge in [0.05, 0.1) is 11.9 Å². The summed E-state index contributed by atoms with van der Waals surface area (Å²) in [7, 11) is 0. The second kappa shape index (κ2) is 8.49. The van der Waals surface area contributed by atoms with E-state index in [0.717, 1.165) is 11.4 Å². The summed E-state index contributed by atoms with van der Waals surface area (Å²) in [5.41, 5.74) is 4.48. The average Bonchev–Trinajstić information content (AvgIpc) is 2.69. The van der Waals surface area contributed by atoms with E-state index in [4.69, 9.17) is 0 Å². The number of aromatic nitrogens is 1. The number of rotatable bonds is 6. The zero-order chi connectivity index (χ0) is 19.2. The first-order chi connectivity index (χ1) is 13.0. The standard InChI is InChI=1S/C23H25N3O/c1-16(2)18-9-11-20(12-10-18)26-23(27)22-14-13-21(15-24-22)25-17(3)19-7-5-4-6-8-19/h4-17,25H,1-3H3,(H,26,27). The first kappa shape index (κ1) is 18.6. The predicted octanol–water partition coefficient (Wildman–Crippen LogP) is 5.63. The van der Waals surface area contributed by atoms with E-state index >= 15 is 0 Å². The number of benzene rings is 2. The van der Waals surface area contributed by atoms with E-state index in [-0.39, 0.29) is 11.9 Å². The Labute approximate surface area is 160 Å². The van der Waals surface area contributed by atoms with Gasteiger partial charge >= 0.3 is 0 Å². The van der Waals surface area contributed by atoms with Crippen molar-refractivity contribution in [2.75, 3.05) is 10.6 Å². The third kappa shape index (κ3) is 4.94. The Bertz CT molecular complexity index is 872. The molecule has 3 rings (SSSR count). The van der Waals surface area contributed by atoms with Crippen molar-refractivity contribution in [3.05, 3.63) is 89.7 Å². The fourth-order valence-corrected chi connectivity index (χ4v) is 2.84. The van der Waals surface area contributed by atoms with Crippen molar-refractivity contribution in [1.29, 1.82) is 0 Å². The molecule has 0 aliphatic carbocycles. The van der Waals surface area contributed by atoms with Crippen molar-refractivity contribution >= 4 is 17.3 Å². The fraction of sp³-hybridized carbons (Fsp3) is 0.217. The highest BCUT2D eigenvalue weighted by Crippen LogP contribution is 2.20. The maximum absolute atomic E-state index is 12.4. The largest absolute Gasteiger partial charge is 0.377 e. The van der Waals surface area contributed by atoms with Gasteiger partial charge in [0.15, 0.2) is 0 Å². The number of hydrogen-bond acceptors (Lipinski definition) is 3. The lowest BCUT2D eigenvalue weighted by Gasteiger charge is -2.15. The number of nitrogens with one attached hydrogen (secondary N) is 2. The minimum atomic E-state index is -0.213. The summed E-state index contributed by atoms with van der Waals surface area (Å²) in [5, 5.41) is 6.29. The number of carbonyl (C=O) groups excluding carboxylic acids is 1. The van der Waals surface area contributed by atoms with Crippen molar-refractivity contribution in [2.45, 2.75) is 32.7 Å². The highest BCUT2D eigenvalue weighted by atomic mass is 16.1. The highest BCUT2D eigenvalue weighted by molar-refractivity contribution is 6.02. The number of pyridine rings is 1. The molecule has 1 amide bonds. The summed E-state index contributed by atoms with van der Waals surface area (Å²) >= 11 is 0. The van der Waals surface area contributed by atoms with Crippen molar-refractivity contribution in [1.82, 2.24) is 4.98 Å². The molecule has 138 valence electrons. The first-order valence-electron chi connectivity index (χ1n) is 9.22. The summed E-state index contributed by atoms with van der Waals surface area (Å²) in [6.07, 6.45) is 1.69. The molecule has 1 heterocycles. The van der Waals surface area contributed by atoms with E-state index in [2.05, 4.69) is 48.5 Å². The Kier molecular flexibility index (Phi) is 5.87. The van der Waals surface area contributed by atoms with E-state index in [1.54, 1.807) is 12.3 Å². The van der Waals surface area contributed by atoms with Crippen LogP contribution in [-0.4, -0.2) is 10.9 Å². The van der Waals surface area contributed by atoms with Crippen LogP contribution in [0.5, 0.6) is 0 Å². The van der Waals surface area contributed by atoms with Crippen molar-refractivity contribution in [2.24, 2.45) is 0 Å². The fourth-order valence-electron chi connectivity index (χ4n) is 2.84. The summed E-state index contributed by atoms with van der Waals surface area (Å²) in [5.74, 6) is 0.254. The molecule has 0 saturated carbocycles. The van der Waals surface area contributed by atoms with Gasteiger partial charge in [-0.15, -0.1) is 0 Å². The molecule has 0 saturated heterocycles. The minimum Gasteiger partial charge on any atom is -0.377 e. The number of anilines is 2. The van der Waals surface area contributed by atoms with Crippen LogP contribution >= 0.6 is 0 Å². The van der Waals surface area contributed by atoms with E-state index in [0.29, 0.717) is 11.6 Å². The monoisotopic (exact) mass is 359 g/mol. The molecular formula is C23H25N3O. The van der Waals surface area contributed by atoms with Gasteiger partial charge in [0.1, 0.15) is 5.69 Å². The van der Waals surface area contributed by atoms with Crippen LogP contribution in [0.4, 0.5) is 11.4 Å². The zero-order valence-electron chi connectivity index (χ0n) is 15.9. The van der Waals surface area contributed by atoms with E-state index < -0.39 is 0 Å². The van der Waals surface area contributed by atoms with Gasteiger partial charge in [0.2, 0.25) is 0 Å². The second-order valence-corrected chi connectivity index (χ2v) is 6.94. The molecule has 0 fully saturated rings. The van der Waals surface area contributed by atoms with Crippen molar-refractivity contribution in [3.8, 4) is 0 Å². The molecule has 0 aliphatic heterocycles. The lowest BCUT2D eigenvalue weighted by atomic mass is 10.0. The van der Waals surface area contributed by atoms with Crippen LogP contribution < -0.4 is 10.6 Å². The Morgan fingerprint density at radius 3 is 2.07 bits per heavy atom. The lowest BCUT2D eigenvalue weighted by molar-refractivity contribution is 0.102. The maximum atomic E-state index is 12.4. The number of hydrogen-bond donors (Lipinski definition) is 2. The van der Waals surface area contributed by atoms with Gasteiger partial charge in [0, 0.05) is 11.7 Å². The number of nitrogens with zero attached hydrogens (tertiary/aromatic N) is 1. The summed E-state index contributed by atoms with van der Waals surface area (Å²) in [6.45, 7) is 6.38. The van der Waals surface area contributed by atoms with Crippen molar-refractivity contribution in [3.63, 3.8) is 0 Å². The van der Waals surface area contributed by atoms with Gasteiger partial charge < -0.3 is 10.6 Å². The highest BCUT2D eigenvalue weighted by Gasteiger charge is 2.10. The Morgan fingerprint density at radius 1 is 0.815 bits per heavy atom. The average molecular weight is 359 g/mol. The molecule has 2 aromatic carbocycles. The van der Waals surface area contributed by atoms with Gasteiger partial charge in [-0.1, -0.05) is 56.3 Å². The van der Waals surface area contributed by atoms with Crippen LogP contribution in [0.2, 0.25) is 0 Å². The van der Waals surface area contributed by atoms with Crippen LogP contribution in [0.25, 0.3) is 0 Å². The molecule has 4 nitrogen and oxygen atoms in total. The Hall–Kier alpha value is -3.14. The molecule has 2 N–H and O–H groups in total.